The average molecular weight is 402 g/mol. The lowest BCUT2D eigenvalue weighted by Crippen LogP contribution is -2.39. The molecule has 154 valence electrons. The molecule has 3 aliphatic rings. The maximum absolute atomic E-state index is 13.6. The lowest BCUT2D eigenvalue weighted by Gasteiger charge is -2.35. The third-order valence-electron chi connectivity index (χ3n) is 6.64. The van der Waals surface area contributed by atoms with E-state index in [2.05, 4.69) is 24.0 Å². The van der Waals surface area contributed by atoms with Crippen LogP contribution in [-0.2, 0) is 27.3 Å². The number of nitrogens with zero attached hydrogens (tertiary/aromatic N) is 2. The van der Waals surface area contributed by atoms with Crippen LogP contribution >= 0.6 is 0 Å². The Labute approximate surface area is 176 Å². The molecule has 3 atom stereocenters. The highest BCUT2D eigenvalue weighted by Crippen LogP contribution is 2.47. The fraction of sp³-hybridized carbons (Fsp3) is 0.400. The number of rotatable bonds is 4. The van der Waals surface area contributed by atoms with Crippen molar-refractivity contribution in [3.63, 3.8) is 0 Å². The van der Waals surface area contributed by atoms with Crippen molar-refractivity contribution in [1.29, 1.82) is 0 Å². The molecule has 0 bridgehead atoms. The summed E-state index contributed by atoms with van der Waals surface area (Å²) in [5.41, 5.74) is 3.68. The molecule has 1 aromatic heterocycles. The first-order valence-electron chi connectivity index (χ1n) is 10.9. The fourth-order valence-electron chi connectivity index (χ4n) is 5.03. The summed E-state index contributed by atoms with van der Waals surface area (Å²) in [5.74, 6) is 0.0704. The highest BCUT2D eigenvalue weighted by molar-refractivity contribution is 6.11. The Hall–Kier alpha value is -2.95. The van der Waals surface area contributed by atoms with E-state index in [1.54, 1.807) is 17.3 Å². The van der Waals surface area contributed by atoms with Gasteiger partial charge in [-0.05, 0) is 48.4 Å². The van der Waals surface area contributed by atoms with Gasteiger partial charge >= 0.3 is 0 Å². The van der Waals surface area contributed by atoms with E-state index in [1.165, 1.54) is 5.56 Å². The van der Waals surface area contributed by atoms with Crippen molar-refractivity contribution in [3.05, 3.63) is 76.8 Å². The van der Waals surface area contributed by atoms with Gasteiger partial charge in [0.2, 0.25) is 0 Å². The van der Waals surface area contributed by atoms with Crippen LogP contribution in [0.3, 0.4) is 0 Å². The summed E-state index contributed by atoms with van der Waals surface area (Å²) < 4.78 is 6.21. The van der Waals surface area contributed by atoms with Crippen LogP contribution in [0.1, 0.15) is 55.3 Å². The number of hydrogen-bond donors (Lipinski definition) is 0. The molecular weight excluding hydrogens is 376 g/mol. The number of Topliss-reactive ketones (excluding diaryl/α,β-unsaturated/α-hetero) is 1. The van der Waals surface area contributed by atoms with E-state index in [0.717, 1.165) is 43.2 Å². The molecule has 1 saturated carbocycles. The molecule has 0 saturated heterocycles. The van der Waals surface area contributed by atoms with Gasteiger partial charge in [0.15, 0.2) is 11.5 Å². The minimum Gasteiger partial charge on any atom is -0.483 e. The van der Waals surface area contributed by atoms with Crippen LogP contribution in [0.15, 0.2) is 60.1 Å². The predicted octanol–water partition coefficient (Wildman–Crippen LogP) is 4.14. The molecule has 2 aliphatic heterocycles. The first-order valence-corrected chi connectivity index (χ1v) is 10.9. The van der Waals surface area contributed by atoms with E-state index in [4.69, 9.17) is 4.74 Å². The van der Waals surface area contributed by atoms with E-state index >= 15 is 0 Å². The van der Waals surface area contributed by atoms with Crippen molar-refractivity contribution in [3.8, 4) is 0 Å². The maximum Gasteiger partial charge on any atom is 0.290 e. The first-order chi connectivity index (χ1) is 14.7. The second kappa shape index (κ2) is 7.71. The summed E-state index contributed by atoms with van der Waals surface area (Å²) in [6, 6.07) is 11.7. The lowest BCUT2D eigenvalue weighted by molar-refractivity contribution is -0.135. The molecular formula is C25H26N2O3. The largest absolute Gasteiger partial charge is 0.483 e. The number of carbonyl (C=O) groups excluding carboxylic acids is 2. The van der Waals surface area contributed by atoms with Gasteiger partial charge in [-0.15, -0.1) is 0 Å². The quantitative estimate of drug-likeness (QED) is 0.771. The summed E-state index contributed by atoms with van der Waals surface area (Å²) in [5, 5.41) is 0. The molecule has 0 spiro atoms. The zero-order valence-corrected chi connectivity index (χ0v) is 17.2. The molecule has 3 heterocycles. The minimum absolute atomic E-state index is 0.104. The zero-order valence-electron chi connectivity index (χ0n) is 17.2. The summed E-state index contributed by atoms with van der Waals surface area (Å²) in [6.45, 7) is 2.51. The number of carbonyl (C=O) groups is 2. The summed E-state index contributed by atoms with van der Waals surface area (Å²) in [6.07, 6.45) is 8.06. The van der Waals surface area contributed by atoms with Crippen LogP contribution in [0.25, 0.3) is 0 Å². The van der Waals surface area contributed by atoms with Crippen LogP contribution in [0.2, 0.25) is 0 Å². The number of fused-ring (bicyclic) bond motifs is 1. The smallest absolute Gasteiger partial charge is 0.290 e. The van der Waals surface area contributed by atoms with Gasteiger partial charge in [0.25, 0.3) is 5.91 Å². The number of amides is 1. The van der Waals surface area contributed by atoms with Crippen molar-refractivity contribution in [2.45, 2.75) is 57.7 Å². The highest BCUT2D eigenvalue weighted by Gasteiger charge is 2.51. The highest BCUT2D eigenvalue weighted by atomic mass is 16.5. The number of ether oxygens (including phenoxy) is 1. The van der Waals surface area contributed by atoms with Crippen LogP contribution < -0.4 is 0 Å². The predicted molar refractivity (Wildman–Crippen MR) is 112 cm³/mol. The molecule has 0 N–H and O–H groups in total. The summed E-state index contributed by atoms with van der Waals surface area (Å²) >= 11 is 0. The second-order valence-electron chi connectivity index (χ2n) is 8.45. The Kier molecular flexibility index (Phi) is 4.89. The van der Waals surface area contributed by atoms with E-state index in [9.17, 15) is 9.59 Å². The third kappa shape index (κ3) is 3.13. The topological polar surface area (TPSA) is 59.5 Å². The molecule has 1 amide bonds. The van der Waals surface area contributed by atoms with Gasteiger partial charge in [0, 0.05) is 18.9 Å². The van der Waals surface area contributed by atoms with Crippen LogP contribution in [-0.4, -0.2) is 27.7 Å². The number of pyridine rings is 1. The van der Waals surface area contributed by atoms with Crippen molar-refractivity contribution in [1.82, 2.24) is 9.88 Å². The molecule has 30 heavy (non-hydrogen) atoms. The minimum atomic E-state index is -0.408. The Balaban J connectivity index is 1.57. The van der Waals surface area contributed by atoms with Crippen LogP contribution in [0.4, 0.5) is 0 Å². The number of hydrogen-bond acceptors (Lipinski definition) is 4. The van der Waals surface area contributed by atoms with E-state index in [-0.39, 0.29) is 29.5 Å². The first kappa shape index (κ1) is 19.0. The molecule has 5 heteroatoms. The van der Waals surface area contributed by atoms with Crippen molar-refractivity contribution < 1.29 is 14.3 Å². The Bertz CT molecular complexity index is 997. The molecule has 1 fully saturated rings. The molecule has 5 nitrogen and oxygen atoms in total. The second-order valence-corrected chi connectivity index (χ2v) is 8.45. The van der Waals surface area contributed by atoms with E-state index < -0.39 is 6.04 Å². The van der Waals surface area contributed by atoms with Gasteiger partial charge in [-0.1, -0.05) is 43.7 Å². The summed E-state index contributed by atoms with van der Waals surface area (Å²) in [4.78, 5) is 33.0. The SMILES string of the molecule is CCc1ccc(C2C3=C(OC4CCCCC4C3=O)C(=O)N2Cc2cccnc2)cc1. The standard InChI is InChI=1S/C25H26N2O3/c1-2-16-9-11-18(12-10-16)22-21-23(28)19-7-3-4-8-20(19)30-24(21)25(29)27(22)15-17-6-5-13-26-14-17/h5-6,9-14,19-20,22H,2-4,7-8,15H2,1H3. The van der Waals surface area contributed by atoms with E-state index in [1.807, 2.05) is 24.3 Å². The molecule has 0 radical (unpaired) electrons. The fourth-order valence-corrected chi connectivity index (χ4v) is 5.03. The van der Waals surface area contributed by atoms with Gasteiger partial charge in [-0.3, -0.25) is 14.6 Å². The van der Waals surface area contributed by atoms with Gasteiger partial charge < -0.3 is 9.64 Å². The number of benzene rings is 1. The van der Waals surface area contributed by atoms with Crippen LogP contribution in [0.5, 0.6) is 0 Å². The van der Waals surface area contributed by atoms with E-state index in [0.29, 0.717) is 12.1 Å². The van der Waals surface area contributed by atoms with Gasteiger partial charge in [-0.2, -0.15) is 0 Å². The van der Waals surface area contributed by atoms with Gasteiger partial charge in [0.05, 0.1) is 17.5 Å². The Morgan fingerprint density at radius 2 is 1.87 bits per heavy atom. The zero-order chi connectivity index (χ0) is 20.7. The third-order valence-corrected chi connectivity index (χ3v) is 6.64. The summed E-state index contributed by atoms with van der Waals surface area (Å²) in [7, 11) is 0. The van der Waals surface area contributed by atoms with Crippen molar-refractivity contribution in [2.75, 3.05) is 0 Å². The maximum atomic E-state index is 13.6. The molecule has 1 aliphatic carbocycles. The molecule has 3 unspecified atom stereocenters. The molecule has 1 aromatic carbocycles. The van der Waals surface area contributed by atoms with Crippen molar-refractivity contribution >= 4 is 11.7 Å². The number of aromatic nitrogens is 1. The average Bonchev–Trinajstić information content (AvgIpc) is 3.06. The normalized spacial score (nSPS) is 25.8. The Morgan fingerprint density at radius 1 is 1.07 bits per heavy atom. The monoisotopic (exact) mass is 402 g/mol. The van der Waals surface area contributed by atoms with Gasteiger partial charge in [0.1, 0.15) is 6.10 Å². The van der Waals surface area contributed by atoms with Crippen molar-refractivity contribution in [2.24, 2.45) is 5.92 Å². The van der Waals surface area contributed by atoms with Gasteiger partial charge in [-0.25, -0.2) is 0 Å². The lowest BCUT2D eigenvalue weighted by atomic mass is 9.77. The van der Waals surface area contributed by atoms with Crippen LogP contribution in [0, 0.1) is 5.92 Å². The number of ketones is 1. The molecule has 5 rings (SSSR count). The Morgan fingerprint density at radius 3 is 2.60 bits per heavy atom. The molecule has 2 aromatic rings. The number of aryl methyl sites for hydroxylation is 1.